The molecule has 1 aliphatic heterocycles. The van der Waals surface area contributed by atoms with Crippen LogP contribution in [0.4, 0.5) is 0 Å². The van der Waals surface area contributed by atoms with Gasteiger partial charge in [-0.05, 0) is 32.1 Å². The predicted molar refractivity (Wildman–Crippen MR) is 40.9 cm³/mol. The first-order valence-corrected chi connectivity index (χ1v) is 4.45. The van der Waals surface area contributed by atoms with E-state index in [1.165, 1.54) is 32.1 Å². The zero-order chi connectivity index (χ0) is 7.03. The first-order valence-electron chi connectivity index (χ1n) is 4.45. The Labute approximate surface area is 62.8 Å². The van der Waals surface area contributed by atoms with Crippen LogP contribution in [0.2, 0.25) is 0 Å². The minimum Gasteiger partial charge on any atom is -0.375 e. The summed E-state index contributed by atoms with van der Waals surface area (Å²) in [4.78, 5) is 0. The molecule has 0 aromatic carbocycles. The maximum absolute atomic E-state index is 5.74. The summed E-state index contributed by atoms with van der Waals surface area (Å²) in [7, 11) is 0. The van der Waals surface area contributed by atoms with Gasteiger partial charge in [-0.15, -0.1) is 0 Å². The van der Waals surface area contributed by atoms with Crippen molar-refractivity contribution < 1.29 is 4.74 Å². The minimum atomic E-state index is 0.290. The van der Waals surface area contributed by atoms with Crippen molar-refractivity contribution in [3.63, 3.8) is 0 Å². The van der Waals surface area contributed by atoms with E-state index in [4.69, 9.17) is 4.74 Å². The molecule has 0 bridgehead atoms. The van der Waals surface area contributed by atoms with Gasteiger partial charge in [0.25, 0.3) is 0 Å². The van der Waals surface area contributed by atoms with Crippen molar-refractivity contribution >= 4 is 0 Å². The smallest absolute Gasteiger partial charge is 0.0683 e. The summed E-state index contributed by atoms with van der Waals surface area (Å²) in [5, 5.41) is 0. The van der Waals surface area contributed by atoms with Crippen LogP contribution in [0, 0.1) is 5.92 Å². The molecule has 2 aliphatic rings. The van der Waals surface area contributed by atoms with Gasteiger partial charge in [-0.25, -0.2) is 0 Å². The van der Waals surface area contributed by atoms with Crippen LogP contribution in [0.5, 0.6) is 0 Å². The van der Waals surface area contributed by atoms with Gasteiger partial charge in [0.15, 0.2) is 0 Å². The molecule has 1 saturated heterocycles. The summed E-state index contributed by atoms with van der Waals surface area (Å²) >= 11 is 0. The summed E-state index contributed by atoms with van der Waals surface area (Å²) in [6, 6.07) is 0. The molecule has 10 heavy (non-hydrogen) atoms. The van der Waals surface area contributed by atoms with Crippen LogP contribution in [-0.4, -0.2) is 12.2 Å². The van der Waals surface area contributed by atoms with Gasteiger partial charge in [0.05, 0.1) is 5.60 Å². The van der Waals surface area contributed by atoms with Gasteiger partial charge in [-0.1, -0.05) is 12.8 Å². The number of rotatable bonds is 0. The molecular formula is C9H16O. The van der Waals surface area contributed by atoms with Crippen molar-refractivity contribution in [1.82, 2.24) is 0 Å². The molecule has 58 valence electrons. The fourth-order valence-electron chi connectivity index (χ4n) is 2.45. The number of hydrogen-bond acceptors (Lipinski definition) is 1. The van der Waals surface area contributed by atoms with Crippen molar-refractivity contribution in [2.75, 3.05) is 6.61 Å². The van der Waals surface area contributed by atoms with Gasteiger partial charge >= 0.3 is 0 Å². The van der Waals surface area contributed by atoms with Gasteiger partial charge in [0, 0.05) is 6.61 Å². The van der Waals surface area contributed by atoms with E-state index in [-0.39, 0.29) is 5.60 Å². The Morgan fingerprint density at radius 3 is 3.00 bits per heavy atom. The Morgan fingerprint density at radius 2 is 2.20 bits per heavy atom. The number of ether oxygens (including phenoxy) is 1. The number of hydrogen-bond donors (Lipinski definition) is 0. The summed E-state index contributed by atoms with van der Waals surface area (Å²) in [6.45, 7) is 3.31. The quantitative estimate of drug-likeness (QED) is 0.502. The minimum absolute atomic E-state index is 0.290. The van der Waals surface area contributed by atoms with Gasteiger partial charge in [-0.2, -0.15) is 0 Å². The molecule has 1 heteroatoms. The van der Waals surface area contributed by atoms with Gasteiger partial charge in [-0.3, -0.25) is 0 Å². The molecule has 2 atom stereocenters. The highest BCUT2D eigenvalue weighted by molar-refractivity contribution is 4.91. The molecule has 0 unspecified atom stereocenters. The molecule has 0 spiro atoms. The SMILES string of the molecule is C[C@]12CCCC[C@@H]1CCO2. The Kier molecular flexibility index (Phi) is 1.48. The summed E-state index contributed by atoms with van der Waals surface area (Å²) in [6.07, 6.45) is 6.85. The van der Waals surface area contributed by atoms with Crippen LogP contribution < -0.4 is 0 Å². The van der Waals surface area contributed by atoms with E-state index in [9.17, 15) is 0 Å². The van der Waals surface area contributed by atoms with Crippen molar-refractivity contribution in [1.29, 1.82) is 0 Å². The monoisotopic (exact) mass is 140 g/mol. The molecule has 1 heterocycles. The van der Waals surface area contributed by atoms with Crippen LogP contribution in [0.1, 0.15) is 39.0 Å². The van der Waals surface area contributed by atoms with Crippen LogP contribution >= 0.6 is 0 Å². The Bertz CT molecular complexity index is 133. The zero-order valence-corrected chi connectivity index (χ0v) is 6.73. The van der Waals surface area contributed by atoms with Crippen LogP contribution in [-0.2, 0) is 4.74 Å². The molecule has 2 rings (SSSR count). The topological polar surface area (TPSA) is 9.23 Å². The first kappa shape index (κ1) is 6.66. The molecule has 0 aromatic heterocycles. The van der Waals surface area contributed by atoms with E-state index in [1.807, 2.05) is 0 Å². The number of fused-ring (bicyclic) bond motifs is 1. The molecule has 1 aliphatic carbocycles. The maximum Gasteiger partial charge on any atom is 0.0683 e. The first-order chi connectivity index (χ1) is 4.81. The molecular weight excluding hydrogens is 124 g/mol. The van der Waals surface area contributed by atoms with Crippen molar-refractivity contribution in [3.8, 4) is 0 Å². The molecule has 2 fully saturated rings. The third-order valence-corrected chi connectivity index (χ3v) is 3.24. The largest absolute Gasteiger partial charge is 0.375 e. The lowest BCUT2D eigenvalue weighted by molar-refractivity contribution is -0.0284. The highest BCUT2D eigenvalue weighted by Gasteiger charge is 2.41. The van der Waals surface area contributed by atoms with E-state index in [0.717, 1.165) is 12.5 Å². The van der Waals surface area contributed by atoms with Crippen molar-refractivity contribution in [3.05, 3.63) is 0 Å². The summed E-state index contributed by atoms with van der Waals surface area (Å²) in [5.41, 5.74) is 0.290. The van der Waals surface area contributed by atoms with Gasteiger partial charge in [0.1, 0.15) is 0 Å². The van der Waals surface area contributed by atoms with E-state index in [1.54, 1.807) is 0 Å². The van der Waals surface area contributed by atoms with Crippen LogP contribution in [0.3, 0.4) is 0 Å². The highest BCUT2D eigenvalue weighted by atomic mass is 16.5. The molecule has 0 radical (unpaired) electrons. The molecule has 0 amide bonds. The van der Waals surface area contributed by atoms with E-state index in [0.29, 0.717) is 0 Å². The summed E-state index contributed by atoms with van der Waals surface area (Å²) in [5.74, 6) is 0.890. The normalized spacial score (nSPS) is 47.1. The summed E-state index contributed by atoms with van der Waals surface area (Å²) < 4.78 is 5.74. The molecule has 1 nitrogen and oxygen atoms in total. The standard InChI is InChI=1S/C9H16O/c1-9-6-3-2-4-8(9)5-7-10-9/h8H,2-7H2,1H3/t8-,9+/m1/s1. The molecule has 0 N–H and O–H groups in total. The van der Waals surface area contributed by atoms with Crippen LogP contribution in [0.25, 0.3) is 0 Å². The Morgan fingerprint density at radius 1 is 1.30 bits per heavy atom. The lowest BCUT2D eigenvalue weighted by Gasteiger charge is -2.34. The second-order valence-electron chi connectivity index (χ2n) is 3.89. The van der Waals surface area contributed by atoms with Gasteiger partial charge in [0.2, 0.25) is 0 Å². The fraction of sp³-hybridized carbons (Fsp3) is 1.00. The Balaban J connectivity index is 2.10. The second kappa shape index (κ2) is 2.23. The van der Waals surface area contributed by atoms with Gasteiger partial charge < -0.3 is 4.74 Å². The van der Waals surface area contributed by atoms with E-state index < -0.39 is 0 Å². The third-order valence-electron chi connectivity index (χ3n) is 3.24. The average molecular weight is 140 g/mol. The molecule has 0 aromatic rings. The fourth-order valence-corrected chi connectivity index (χ4v) is 2.45. The van der Waals surface area contributed by atoms with E-state index >= 15 is 0 Å². The Hall–Kier alpha value is -0.0400. The zero-order valence-electron chi connectivity index (χ0n) is 6.73. The van der Waals surface area contributed by atoms with Crippen molar-refractivity contribution in [2.45, 2.75) is 44.6 Å². The predicted octanol–water partition coefficient (Wildman–Crippen LogP) is 2.36. The van der Waals surface area contributed by atoms with Crippen molar-refractivity contribution in [2.24, 2.45) is 5.92 Å². The van der Waals surface area contributed by atoms with Crippen LogP contribution in [0.15, 0.2) is 0 Å². The van der Waals surface area contributed by atoms with E-state index in [2.05, 4.69) is 6.92 Å². The average Bonchev–Trinajstić information content (AvgIpc) is 2.29. The lowest BCUT2D eigenvalue weighted by Crippen LogP contribution is -2.34. The maximum atomic E-state index is 5.74. The third kappa shape index (κ3) is 0.878. The lowest BCUT2D eigenvalue weighted by atomic mass is 9.77. The second-order valence-corrected chi connectivity index (χ2v) is 3.89. The molecule has 1 saturated carbocycles. The highest BCUT2D eigenvalue weighted by Crippen LogP contribution is 2.42.